The molecule has 0 aromatic heterocycles. The summed E-state index contributed by atoms with van der Waals surface area (Å²) in [6, 6.07) is 6.58. The molecule has 0 fully saturated rings. The van der Waals surface area contributed by atoms with Crippen molar-refractivity contribution in [2.75, 3.05) is 13.2 Å². The van der Waals surface area contributed by atoms with Gasteiger partial charge in [-0.2, -0.15) is 0 Å². The first kappa shape index (κ1) is 21.3. The molecule has 0 bridgehead atoms. The van der Waals surface area contributed by atoms with Crippen molar-refractivity contribution in [2.24, 2.45) is 11.8 Å². The lowest BCUT2D eigenvalue weighted by atomic mass is 9.90. The first-order chi connectivity index (χ1) is 11.8. The molecule has 140 valence electrons. The van der Waals surface area contributed by atoms with Gasteiger partial charge in [-0.3, -0.25) is 0 Å². The van der Waals surface area contributed by atoms with E-state index in [1.54, 1.807) is 31.2 Å². The summed E-state index contributed by atoms with van der Waals surface area (Å²) in [5.74, 6) is 0.138. The van der Waals surface area contributed by atoms with E-state index in [9.17, 15) is 9.59 Å². The number of carbonyl (C=O) groups is 2. The summed E-state index contributed by atoms with van der Waals surface area (Å²) in [6.07, 6.45) is 0.501. The van der Waals surface area contributed by atoms with Crippen molar-refractivity contribution >= 4 is 23.7 Å². The van der Waals surface area contributed by atoms with Gasteiger partial charge in [0.2, 0.25) is 0 Å². The number of rotatable bonds is 9. The van der Waals surface area contributed by atoms with Gasteiger partial charge in [0.05, 0.1) is 18.8 Å². The first-order valence-corrected chi connectivity index (χ1v) is 8.97. The molecule has 5 nitrogen and oxygen atoms in total. The second-order valence-electron chi connectivity index (χ2n) is 6.33. The van der Waals surface area contributed by atoms with E-state index in [1.165, 1.54) is 0 Å². The lowest BCUT2D eigenvalue weighted by Crippen LogP contribution is -2.27. The number of halogens is 1. The Bertz CT molecular complexity index is 541. The van der Waals surface area contributed by atoms with Crippen LogP contribution >= 0.6 is 11.6 Å². The number of carbonyl (C=O) groups excluding carboxylic acids is 2. The standard InChI is InChI=1S/C19H27ClO5/c1-5-23-19(22)24-11-10-16(12-13(2)3)14(4)25-18(21)15-6-8-17(20)9-7-15/h6-9,13-14,16H,5,10-12H2,1-4H3. The van der Waals surface area contributed by atoms with Gasteiger partial charge >= 0.3 is 12.1 Å². The lowest BCUT2D eigenvalue weighted by Gasteiger charge is -2.25. The predicted molar refractivity (Wildman–Crippen MR) is 96.9 cm³/mol. The Balaban J connectivity index is 2.59. The molecule has 0 aliphatic heterocycles. The van der Waals surface area contributed by atoms with Gasteiger partial charge in [-0.05, 0) is 62.8 Å². The third kappa shape index (κ3) is 8.25. The van der Waals surface area contributed by atoms with Crippen molar-refractivity contribution in [1.82, 2.24) is 0 Å². The number of hydrogen-bond donors (Lipinski definition) is 0. The van der Waals surface area contributed by atoms with Crippen LogP contribution in [0.5, 0.6) is 0 Å². The molecule has 0 heterocycles. The summed E-state index contributed by atoms with van der Waals surface area (Å²) >= 11 is 5.83. The highest BCUT2D eigenvalue weighted by Crippen LogP contribution is 2.23. The van der Waals surface area contributed by atoms with E-state index in [1.807, 2.05) is 6.92 Å². The van der Waals surface area contributed by atoms with E-state index in [-0.39, 0.29) is 31.2 Å². The van der Waals surface area contributed by atoms with Crippen LogP contribution in [0.15, 0.2) is 24.3 Å². The summed E-state index contributed by atoms with van der Waals surface area (Å²) in [5, 5.41) is 0.568. The van der Waals surface area contributed by atoms with Crippen molar-refractivity contribution < 1.29 is 23.8 Å². The van der Waals surface area contributed by atoms with Crippen LogP contribution in [-0.2, 0) is 14.2 Å². The zero-order valence-corrected chi connectivity index (χ0v) is 16.0. The zero-order valence-electron chi connectivity index (χ0n) is 15.3. The van der Waals surface area contributed by atoms with Crippen LogP contribution < -0.4 is 0 Å². The normalized spacial score (nSPS) is 13.2. The van der Waals surface area contributed by atoms with Crippen LogP contribution in [0.25, 0.3) is 0 Å². The average molecular weight is 371 g/mol. The minimum absolute atomic E-state index is 0.0886. The average Bonchev–Trinajstić information content (AvgIpc) is 2.54. The van der Waals surface area contributed by atoms with Crippen LogP contribution in [-0.4, -0.2) is 31.4 Å². The van der Waals surface area contributed by atoms with Gasteiger partial charge in [0.25, 0.3) is 0 Å². The highest BCUT2D eigenvalue weighted by atomic mass is 35.5. The lowest BCUT2D eigenvalue weighted by molar-refractivity contribution is 0.00758. The summed E-state index contributed by atoms with van der Waals surface area (Å²) in [6.45, 7) is 8.31. The molecule has 0 aliphatic carbocycles. The third-order valence-electron chi connectivity index (χ3n) is 3.78. The largest absolute Gasteiger partial charge is 0.508 e. The second-order valence-corrected chi connectivity index (χ2v) is 6.76. The molecule has 1 rings (SSSR count). The predicted octanol–water partition coefficient (Wildman–Crippen LogP) is 5.11. The van der Waals surface area contributed by atoms with Crippen LogP contribution in [0.4, 0.5) is 4.79 Å². The maximum Gasteiger partial charge on any atom is 0.508 e. The van der Waals surface area contributed by atoms with E-state index in [4.69, 9.17) is 25.8 Å². The fourth-order valence-corrected chi connectivity index (χ4v) is 2.65. The fourth-order valence-electron chi connectivity index (χ4n) is 2.52. The molecule has 0 saturated carbocycles. The molecule has 2 unspecified atom stereocenters. The van der Waals surface area contributed by atoms with Crippen LogP contribution in [0, 0.1) is 11.8 Å². The Hall–Kier alpha value is -1.75. The SMILES string of the molecule is CCOC(=O)OCCC(CC(C)C)C(C)OC(=O)c1ccc(Cl)cc1. The van der Waals surface area contributed by atoms with E-state index >= 15 is 0 Å². The zero-order chi connectivity index (χ0) is 18.8. The van der Waals surface area contributed by atoms with Gasteiger partial charge in [0.1, 0.15) is 6.10 Å². The number of ether oxygens (including phenoxy) is 3. The van der Waals surface area contributed by atoms with Crippen LogP contribution in [0.3, 0.4) is 0 Å². The van der Waals surface area contributed by atoms with Crippen molar-refractivity contribution in [3.05, 3.63) is 34.9 Å². The molecule has 2 atom stereocenters. The monoisotopic (exact) mass is 370 g/mol. The fraction of sp³-hybridized carbons (Fsp3) is 0.579. The van der Waals surface area contributed by atoms with Crippen molar-refractivity contribution in [3.63, 3.8) is 0 Å². The van der Waals surface area contributed by atoms with Gasteiger partial charge < -0.3 is 14.2 Å². The highest BCUT2D eigenvalue weighted by Gasteiger charge is 2.23. The highest BCUT2D eigenvalue weighted by molar-refractivity contribution is 6.30. The van der Waals surface area contributed by atoms with E-state index in [0.29, 0.717) is 22.9 Å². The molecule has 0 radical (unpaired) electrons. The summed E-state index contributed by atoms with van der Waals surface area (Å²) in [7, 11) is 0. The number of benzene rings is 1. The van der Waals surface area contributed by atoms with Gasteiger partial charge in [-0.15, -0.1) is 0 Å². The number of esters is 1. The Labute approximate surface area is 154 Å². The second kappa shape index (κ2) is 11.0. The Morgan fingerprint density at radius 1 is 1.08 bits per heavy atom. The smallest absolute Gasteiger partial charge is 0.459 e. The van der Waals surface area contributed by atoms with Crippen molar-refractivity contribution in [1.29, 1.82) is 0 Å². The summed E-state index contributed by atoms with van der Waals surface area (Å²) in [4.78, 5) is 23.5. The minimum Gasteiger partial charge on any atom is -0.459 e. The molecule has 25 heavy (non-hydrogen) atoms. The molecule has 0 N–H and O–H groups in total. The van der Waals surface area contributed by atoms with Crippen LogP contribution in [0.1, 0.15) is 50.9 Å². The quantitative estimate of drug-likeness (QED) is 0.565. The van der Waals surface area contributed by atoms with Crippen molar-refractivity contribution in [2.45, 2.75) is 46.6 Å². The summed E-state index contributed by atoms with van der Waals surface area (Å²) in [5.41, 5.74) is 0.460. The van der Waals surface area contributed by atoms with E-state index in [0.717, 1.165) is 6.42 Å². The number of hydrogen-bond acceptors (Lipinski definition) is 5. The molecule has 1 aromatic rings. The maximum atomic E-state index is 12.3. The molecule has 0 amide bonds. The van der Waals surface area contributed by atoms with E-state index in [2.05, 4.69) is 13.8 Å². The topological polar surface area (TPSA) is 61.8 Å². The minimum atomic E-state index is -0.670. The van der Waals surface area contributed by atoms with Crippen molar-refractivity contribution in [3.8, 4) is 0 Å². The first-order valence-electron chi connectivity index (χ1n) is 8.59. The van der Waals surface area contributed by atoms with Gasteiger partial charge in [0.15, 0.2) is 0 Å². The summed E-state index contributed by atoms with van der Waals surface area (Å²) < 4.78 is 15.4. The Kier molecular flexibility index (Phi) is 9.35. The third-order valence-corrected chi connectivity index (χ3v) is 4.03. The van der Waals surface area contributed by atoms with Crippen LogP contribution in [0.2, 0.25) is 5.02 Å². The van der Waals surface area contributed by atoms with Gasteiger partial charge in [-0.25, -0.2) is 9.59 Å². The molecular weight excluding hydrogens is 344 g/mol. The van der Waals surface area contributed by atoms with Gasteiger partial charge in [0, 0.05) is 5.02 Å². The molecule has 0 aliphatic rings. The Morgan fingerprint density at radius 3 is 2.28 bits per heavy atom. The Morgan fingerprint density at radius 2 is 1.72 bits per heavy atom. The van der Waals surface area contributed by atoms with E-state index < -0.39 is 6.16 Å². The molecule has 0 saturated heterocycles. The molecule has 1 aromatic carbocycles. The molecular formula is C19H27ClO5. The molecule has 6 heteroatoms. The molecule has 0 spiro atoms. The maximum absolute atomic E-state index is 12.3. The van der Waals surface area contributed by atoms with Gasteiger partial charge in [-0.1, -0.05) is 25.4 Å².